The molecule has 0 amide bonds. The summed E-state index contributed by atoms with van der Waals surface area (Å²) in [7, 11) is 1.86. The third kappa shape index (κ3) is 3.31. The number of hydrogen-bond donors (Lipinski definition) is 1. The van der Waals surface area contributed by atoms with Gasteiger partial charge in [-0.25, -0.2) is 0 Å². The van der Waals surface area contributed by atoms with Crippen molar-refractivity contribution in [2.75, 3.05) is 12.4 Å². The Kier molecular flexibility index (Phi) is 4.15. The van der Waals surface area contributed by atoms with Crippen molar-refractivity contribution in [3.05, 3.63) is 41.5 Å². The van der Waals surface area contributed by atoms with Crippen LogP contribution in [0.4, 0.5) is 5.82 Å². The molecular formula is C16H21N3. The second kappa shape index (κ2) is 5.83. The molecule has 0 saturated heterocycles. The van der Waals surface area contributed by atoms with E-state index in [2.05, 4.69) is 59.7 Å². The van der Waals surface area contributed by atoms with Crippen LogP contribution >= 0.6 is 0 Å². The number of anilines is 1. The average molecular weight is 255 g/mol. The molecule has 0 fully saturated rings. The molecule has 0 saturated carbocycles. The molecule has 0 radical (unpaired) electrons. The van der Waals surface area contributed by atoms with Gasteiger partial charge in [0.15, 0.2) is 5.82 Å². The Morgan fingerprint density at radius 3 is 2.32 bits per heavy atom. The van der Waals surface area contributed by atoms with E-state index in [9.17, 15) is 0 Å². The van der Waals surface area contributed by atoms with Gasteiger partial charge in [0.25, 0.3) is 0 Å². The van der Waals surface area contributed by atoms with Crippen molar-refractivity contribution < 1.29 is 0 Å². The van der Waals surface area contributed by atoms with Gasteiger partial charge in [0, 0.05) is 12.6 Å². The number of nitrogens with one attached hydrogen (secondary N) is 1. The van der Waals surface area contributed by atoms with Gasteiger partial charge < -0.3 is 5.32 Å². The van der Waals surface area contributed by atoms with Crippen LogP contribution in [0.15, 0.2) is 30.3 Å². The largest absolute Gasteiger partial charge is 0.371 e. The second-order valence-electron chi connectivity index (χ2n) is 5.31. The molecule has 1 aromatic carbocycles. The van der Waals surface area contributed by atoms with Gasteiger partial charge in [-0.05, 0) is 36.5 Å². The van der Waals surface area contributed by atoms with Crippen molar-refractivity contribution in [3.63, 3.8) is 0 Å². The molecule has 2 rings (SSSR count). The first-order valence-corrected chi connectivity index (χ1v) is 6.71. The van der Waals surface area contributed by atoms with Gasteiger partial charge in [-0.2, -0.15) is 0 Å². The predicted octanol–water partition coefficient (Wildman–Crippen LogP) is 3.69. The molecule has 1 heterocycles. The lowest BCUT2D eigenvalue weighted by Gasteiger charge is -2.08. The lowest BCUT2D eigenvalue weighted by Crippen LogP contribution is -1.99. The molecule has 19 heavy (non-hydrogen) atoms. The third-order valence-electron chi connectivity index (χ3n) is 3.11. The van der Waals surface area contributed by atoms with Crippen LogP contribution in [0.2, 0.25) is 0 Å². The molecule has 3 nitrogen and oxygen atoms in total. The molecule has 2 aromatic rings. The Morgan fingerprint density at radius 2 is 1.79 bits per heavy atom. The van der Waals surface area contributed by atoms with Gasteiger partial charge in [-0.1, -0.05) is 38.1 Å². The maximum Gasteiger partial charge on any atom is 0.151 e. The van der Waals surface area contributed by atoms with E-state index in [-0.39, 0.29) is 0 Å². The molecule has 1 aromatic heterocycles. The van der Waals surface area contributed by atoms with E-state index in [0.29, 0.717) is 5.92 Å². The van der Waals surface area contributed by atoms with E-state index in [4.69, 9.17) is 0 Å². The van der Waals surface area contributed by atoms with Gasteiger partial charge in [-0.3, -0.25) is 0 Å². The SMILES string of the molecule is CNc1nnc(-c2ccc(CC(C)C)cc2)cc1C. The summed E-state index contributed by atoms with van der Waals surface area (Å²) in [5.41, 5.74) is 4.52. The molecular weight excluding hydrogens is 234 g/mol. The molecule has 0 aliphatic rings. The summed E-state index contributed by atoms with van der Waals surface area (Å²) in [6.45, 7) is 6.51. The van der Waals surface area contributed by atoms with Crippen molar-refractivity contribution >= 4 is 5.82 Å². The summed E-state index contributed by atoms with van der Waals surface area (Å²) in [6.07, 6.45) is 1.11. The maximum absolute atomic E-state index is 4.26. The zero-order valence-corrected chi connectivity index (χ0v) is 12.1. The van der Waals surface area contributed by atoms with Gasteiger partial charge in [-0.15, -0.1) is 10.2 Å². The van der Waals surface area contributed by atoms with E-state index < -0.39 is 0 Å². The van der Waals surface area contributed by atoms with Crippen LogP contribution in [-0.2, 0) is 6.42 Å². The smallest absolute Gasteiger partial charge is 0.151 e. The third-order valence-corrected chi connectivity index (χ3v) is 3.11. The van der Waals surface area contributed by atoms with E-state index in [0.717, 1.165) is 29.1 Å². The predicted molar refractivity (Wildman–Crippen MR) is 80.3 cm³/mol. The standard InChI is InChI=1S/C16H21N3/c1-11(2)9-13-5-7-14(8-6-13)15-10-12(3)16(17-4)19-18-15/h5-8,10-11H,9H2,1-4H3,(H,17,19). The van der Waals surface area contributed by atoms with Gasteiger partial charge in [0.05, 0.1) is 5.69 Å². The van der Waals surface area contributed by atoms with Crippen molar-refractivity contribution in [3.8, 4) is 11.3 Å². The number of aromatic nitrogens is 2. The van der Waals surface area contributed by atoms with Crippen molar-refractivity contribution in [2.45, 2.75) is 27.2 Å². The van der Waals surface area contributed by atoms with Crippen LogP contribution in [0.5, 0.6) is 0 Å². The highest BCUT2D eigenvalue weighted by Gasteiger charge is 2.05. The monoisotopic (exact) mass is 255 g/mol. The molecule has 0 spiro atoms. The fourth-order valence-electron chi connectivity index (χ4n) is 2.16. The van der Waals surface area contributed by atoms with Crippen LogP contribution in [0.3, 0.4) is 0 Å². The highest BCUT2D eigenvalue weighted by atomic mass is 15.2. The van der Waals surface area contributed by atoms with Crippen molar-refractivity contribution in [1.29, 1.82) is 0 Å². The first-order chi connectivity index (χ1) is 9.10. The molecule has 100 valence electrons. The summed E-state index contributed by atoms with van der Waals surface area (Å²) >= 11 is 0. The molecule has 0 unspecified atom stereocenters. The summed E-state index contributed by atoms with van der Waals surface area (Å²) in [5, 5.41) is 11.5. The fourth-order valence-corrected chi connectivity index (χ4v) is 2.16. The molecule has 0 atom stereocenters. The summed E-state index contributed by atoms with van der Waals surface area (Å²) in [4.78, 5) is 0. The van der Waals surface area contributed by atoms with E-state index in [1.54, 1.807) is 0 Å². The summed E-state index contributed by atoms with van der Waals surface area (Å²) in [5.74, 6) is 1.52. The Morgan fingerprint density at radius 1 is 1.11 bits per heavy atom. The minimum Gasteiger partial charge on any atom is -0.371 e. The van der Waals surface area contributed by atoms with Crippen LogP contribution < -0.4 is 5.32 Å². The highest BCUT2D eigenvalue weighted by Crippen LogP contribution is 2.21. The molecule has 0 aliphatic carbocycles. The normalized spacial score (nSPS) is 10.8. The van der Waals surface area contributed by atoms with E-state index in [1.807, 2.05) is 14.0 Å². The molecule has 0 bridgehead atoms. The quantitative estimate of drug-likeness (QED) is 0.905. The Balaban J connectivity index is 2.24. The molecule has 3 heteroatoms. The number of aryl methyl sites for hydroxylation is 1. The Hall–Kier alpha value is -1.90. The lowest BCUT2D eigenvalue weighted by atomic mass is 10.0. The van der Waals surface area contributed by atoms with Crippen molar-refractivity contribution in [1.82, 2.24) is 10.2 Å². The number of hydrogen-bond acceptors (Lipinski definition) is 3. The van der Waals surface area contributed by atoms with E-state index in [1.165, 1.54) is 5.56 Å². The van der Waals surface area contributed by atoms with Gasteiger partial charge in [0.2, 0.25) is 0 Å². The Bertz CT molecular complexity index is 544. The van der Waals surface area contributed by atoms with Gasteiger partial charge in [0.1, 0.15) is 0 Å². The lowest BCUT2D eigenvalue weighted by molar-refractivity contribution is 0.647. The number of nitrogens with zero attached hydrogens (tertiary/aromatic N) is 2. The number of benzene rings is 1. The minimum atomic E-state index is 0.683. The topological polar surface area (TPSA) is 37.8 Å². The maximum atomic E-state index is 4.26. The fraction of sp³-hybridized carbons (Fsp3) is 0.375. The minimum absolute atomic E-state index is 0.683. The molecule has 1 N–H and O–H groups in total. The summed E-state index contributed by atoms with van der Waals surface area (Å²) < 4.78 is 0. The van der Waals surface area contributed by atoms with Crippen LogP contribution in [0.1, 0.15) is 25.0 Å². The summed E-state index contributed by atoms with van der Waals surface area (Å²) in [6, 6.07) is 10.7. The number of rotatable bonds is 4. The molecule has 0 aliphatic heterocycles. The van der Waals surface area contributed by atoms with Crippen LogP contribution in [0.25, 0.3) is 11.3 Å². The zero-order valence-electron chi connectivity index (χ0n) is 12.1. The second-order valence-corrected chi connectivity index (χ2v) is 5.31. The first kappa shape index (κ1) is 13.5. The van der Waals surface area contributed by atoms with Crippen molar-refractivity contribution in [2.24, 2.45) is 5.92 Å². The van der Waals surface area contributed by atoms with Gasteiger partial charge >= 0.3 is 0 Å². The Labute approximate surface area is 115 Å². The highest BCUT2D eigenvalue weighted by molar-refractivity contribution is 5.61. The zero-order chi connectivity index (χ0) is 13.8. The van der Waals surface area contributed by atoms with Crippen LogP contribution in [-0.4, -0.2) is 17.2 Å². The van der Waals surface area contributed by atoms with Crippen LogP contribution in [0, 0.1) is 12.8 Å². The van der Waals surface area contributed by atoms with E-state index >= 15 is 0 Å². The first-order valence-electron chi connectivity index (χ1n) is 6.71. The average Bonchev–Trinajstić information content (AvgIpc) is 2.39.